The molecule has 3 heterocycles. The zero-order valence-electron chi connectivity index (χ0n) is 33.9. The predicted octanol–water partition coefficient (Wildman–Crippen LogP) is 14.4. The van der Waals surface area contributed by atoms with Gasteiger partial charge in [0.15, 0.2) is 5.82 Å². The summed E-state index contributed by atoms with van der Waals surface area (Å²) in [5.74, 6) is 0.710. The van der Waals surface area contributed by atoms with Crippen molar-refractivity contribution in [2.75, 3.05) is 4.90 Å². The molecule has 4 nitrogen and oxygen atoms in total. The van der Waals surface area contributed by atoms with E-state index >= 15 is 0 Å². The van der Waals surface area contributed by atoms with Crippen LogP contribution in [0.1, 0.15) is 25.8 Å². The first-order valence-corrected chi connectivity index (χ1v) is 20.5. The van der Waals surface area contributed by atoms with Crippen LogP contribution in [0.15, 0.2) is 230 Å². The average molecular weight is 773 g/mol. The Kier molecular flexibility index (Phi) is 9.18. The summed E-state index contributed by atoms with van der Waals surface area (Å²) in [4.78, 5) is 11.5. The molecular weight excluding hydrogens is 729 g/mol. The molecule has 0 bridgehead atoms. The van der Waals surface area contributed by atoms with Gasteiger partial charge in [-0.2, -0.15) is 0 Å². The first kappa shape index (κ1) is 36.8. The van der Waals surface area contributed by atoms with Crippen molar-refractivity contribution in [2.24, 2.45) is 0 Å². The van der Waals surface area contributed by atoms with Gasteiger partial charge in [-0.25, -0.2) is 9.97 Å². The van der Waals surface area contributed by atoms with E-state index in [9.17, 15) is 0 Å². The van der Waals surface area contributed by atoms with Crippen LogP contribution < -0.4 is 4.90 Å². The maximum atomic E-state index is 4.51. The fraction of sp³-hybridized carbons (Fsp3) is 0.0714. The Morgan fingerprint density at radius 3 is 2.12 bits per heavy atom. The maximum Gasteiger partial charge on any atom is 0.159 e. The lowest BCUT2D eigenvalue weighted by Crippen LogP contribution is -2.33. The number of nitrogens with zero attached hydrogens (tertiary/aromatic N) is 4. The average Bonchev–Trinajstić information content (AvgIpc) is 3.47. The van der Waals surface area contributed by atoms with Gasteiger partial charge in [0.1, 0.15) is 0 Å². The highest BCUT2D eigenvalue weighted by atomic mass is 15.2. The number of allylic oxidation sites excluding steroid dienone is 9. The highest BCUT2D eigenvalue weighted by Crippen LogP contribution is 2.52. The van der Waals surface area contributed by atoms with Crippen LogP contribution in [0.25, 0.3) is 61.1 Å². The van der Waals surface area contributed by atoms with E-state index < -0.39 is 0 Å². The van der Waals surface area contributed by atoms with E-state index in [1.54, 1.807) is 12.4 Å². The Bertz CT molecular complexity index is 3090. The second kappa shape index (κ2) is 15.0. The molecule has 0 radical (unpaired) electrons. The summed E-state index contributed by atoms with van der Waals surface area (Å²) in [7, 11) is 0. The van der Waals surface area contributed by atoms with E-state index in [0.717, 1.165) is 40.2 Å². The van der Waals surface area contributed by atoms with E-state index in [2.05, 4.69) is 204 Å². The summed E-state index contributed by atoms with van der Waals surface area (Å²) >= 11 is 0. The van der Waals surface area contributed by atoms with Crippen LogP contribution >= 0.6 is 0 Å². The molecule has 4 heteroatoms. The molecule has 0 spiro atoms. The van der Waals surface area contributed by atoms with Gasteiger partial charge >= 0.3 is 0 Å². The third-order valence-corrected chi connectivity index (χ3v) is 12.2. The van der Waals surface area contributed by atoms with Gasteiger partial charge in [-0.15, -0.1) is 0 Å². The highest BCUT2D eigenvalue weighted by Gasteiger charge is 2.38. The fourth-order valence-corrected chi connectivity index (χ4v) is 9.20. The Labute approximate surface area is 351 Å². The Balaban J connectivity index is 1.18. The van der Waals surface area contributed by atoms with Crippen LogP contribution in [0.5, 0.6) is 0 Å². The molecule has 288 valence electrons. The molecule has 0 atom stereocenters. The summed E-state index contributed by atoms with van der Waals surface area (Å²) in [6.45, 7) is 12.9. The van der Waals surface area contributed by atoms with Crippen molar-refractivity contribution in [2.45, 2.75) is 25.7 Å². The molecule has 0 saturated heterocycles. The molecule has 0 unspecified atom stereocenters. The first-order valence-electron chi connectivity index (χ1n) is 20.5. The monoisotopic (exact) mass is 772 g/mol. The third kappa shape index (κ3) is 6.16. The molecule has 6 aromatic carbocycles. The van der Waals surface area contributed by atoms with E-state index in [1.807, 2.05) is 24.3 Å². The molecule has 0 fully saturated rings. The largest absolute Gasteiger partial charge is 0.310 e. The topological polar surface area (TPSA) is 34.0 Å². The van der Waals surface area contributed by atoms with Gasteiger partial charge in [-0.05, 0) is 124 Å². The number of hydrogen-bond acceptors (Lipinski definition) is 3. The zero-order chi connectivity index (χ0) is 40.8. The first-order chi connectivity index (χ1) is 29.4. The number of benzene rings is 6. The molecule has 0 amide bonds. The lowest BCUT2D eigenvalue weighted by atomic mass is 9.71. The van der Waals surface area contributed by atoms with Crippen molar-refractivity contribution in [3.05, 3.63) is 236 Å². The van der Waals surface area contributed by atoms with Crippen molar-refractivity contribution in [1.29, 1.82) is 0 Å². The second-order valence-electron chi connectivity index (χ2n) is 15.9. The van der Waals surface area contributed by atoms with Crippen molar-refractivity contribution in [3.63, 3.8) is 0 Å². The van der Waals surface area contributed by atoms with Gasteiger partial charge in [0.25, 0.3) is 0 Å². The quantitative estimate of drug-likeness (QED) is 0.144. The SMILES string of the molecule is C=C/C=C(\C=C)C1=CCC2=C(C=C1)N(c1ccc(-c3ncccn3)cc1)c1ccc(-c3cc(-c4ccccc4)c4c(c3)c3ccccc3n4-c3ccccc3)cc1C2(C)C. The summed E-state index contributed by atoms with van der Waals surface area (Å²) in [5.41, 5.74) is 17.2. The molecule has 8 aromatic rings. The standard InChI is InChI=1S/C56H44N4/c1-5-16-38(6-2)39-25-30-49-52(31-26-39)59(45-28-23-41(24-29-45)55-57-33-15-34-58-55)53-32-27-42(37-50(53)56(49,3)4)43-35-47(40-17-9-7-10-18-40)54-48(36-43)46-21-13-14-22-51(46)60(54)44-19-11-8-12-20-44/h5-29,31-37H,1-2,30H2,3-4H3/b38-16+. The lowest BCUT2D eigenvalue weighted by Gasteiger charge is -2.43. The number of hydrogen-bond donors (Lipinski definition) is 0. The van der Waals surface area contributed by atoms with E-state index in [0.29, 0.717) is 5.82 Å². The zero-order valence-corrected chi connectivity index (χ0v) is 33.9. The molecule has 2 aromatic heterocycles. The highest BCUT2D eigenvalue weighted by molar-refractivity contribution is 6.15. The Hall–Kier alpha value is -7.56. The minimum atomic E-state index is -0.294. The molecule has 1 aliphatic carbocycles. The molecule has 2 aliphatic rings. The number of rotatable bonds is 8. The van der Waals surface area contributed by atoms with Crippen LogP contribution in [-0.2, 0) is 5.41 Å². The molecule has 1 aliphatic heterocycles. The van der Waals surface area contributed by atoms with Gasteiger partial charge in [0.05, 0.1) is 16.7 Å². The van der Waals surface area contributed by atoms with Gasteiger partial charge in [0, 0.05) is 56.8 Å². The smallest absolute Gasteiger partial charge is 0.159 e. The third-order valence-electron chi connectivity index (χ3n) is 12.2. The van der Waals surface area contributed by atoms with Crippen LogP contribution in [-0.4, -0.2) is 14.5 Å². The van der Waals surface area contributed by atoms with Crippen LogP contribution in [0.4, 0.5) is 11.4 Å². The number of fused-ring (bicyclic) bond motifs is 4. The van der Waals surface area contributed by atoms with E-state index in [4.69, 9.17) is 0 Å². The van der Waals surface area contributed by atoms with Gasteiger partial charge in [0.2, 0.25) is 0 Å². The van der Waals surface area contributed by atoms with Crippen LogP contribution in [0.3, 0.4) is 0 Å². The minimum absolute atomic E-state index is 0.294. The summed E-state index contributed by atoms with van der Waals surface area (Å²) in [5, 5.41) is 2.46. The van der Waals surface area contributed by atoms with Crippen LogP contribution in [0.2, 0.25) is 0 Å². The predicted molar refractivity (Wildman–Crippen MR) is 252 cm³/mol. The molecule has 0 saturated carbocycles. The second-order valence-corrected chi connectivity index (χ2v) is 15.9. The number of anilines is 2. The van der Waals surface area contributed by atoms with Crippen LogP contribution in [0, 0.1) is 0 Å². The Morgan fingerprint density at radius 2 is 1.37 bits per heavy atom. The fourth-order valence-electron chi connectivity index (χ4n) is 9.20. The molecular formula is C56H44N4. The summed E-state index contributed by atoms with van der Waals surface area (Å²) in [6.07, 6.45) is 17.0. The van der Waals surface area contributed by atoms with Crippen molar-refractivity contribution >= 4 is 33.2 Å². The van der Waals surface area contributed by atoms with Crippen molar-refractivity contribution < 1.29 is 0 Å². The van der Waals surface area contributed by atoms with E-state index in [-0.39, 0.29) is 5.41 Å². The number of aromatic nitrogens is 3. The van der Waals surface area contributed by atoms with E-state index in [1.165, 1.54) is 60.9 Å². The molecule has 60 heavy (non-hydrogen) atoms. The van der Waals surface area contributed by atoms with Gasteiger partial charge < -0.3 is 9.47 Å². The molecule has 10 rings (SSSR count). The maximum absolute atomic E-state index is 4.51. The lowest BCUT2D eigenvalue weighted by molar-refractivity contribution is 0.592. The normalized spacial score (nSPS) is 14.7. The summed E-state index contributed by atoms with van der Waals surface area (Å²) < 4.78 is 2.43. The van der Waals surface area contributed by atoms with Gasteiger partial charge in [-0.3, -0.25) is 0 Å². The van der Waals surface area contributed by atoms with Crippen molar-refractivity contribution in [3.8, 4) is 39.3 Å². The molecule has 0 N–H and O–H groups in total. The minimum Gasteiger partial charge on any atom is -0.310 e. The van der Waals surface area contributed by atoms with Crippen molar-refractivity contribution in [1.82, 2.24) is 14.5 Å². The number of para-hydroxylation sites is 2. The van der Waals surface area contributed by atoms with Gasteiger partial charge in [-0.1, -0.05) is 130 Å². The Morgan fingerprint density at radius 1 is 0.650 bits per heavy atom. The summed E-state index contributed by atoms with van der Waals surface area (Å²) in [6, 6.07) is 52.7.